The van der Waals surface area contributed by atoms with Gasteiger partial charge in [-0.25, -0.2) is 13.6 Å². The van der Waals surface area contributed by atoms with E-state index in [1.165, 1.54) is 16.4 Å². The lowest BCUT2D eigenvalue weighted by Gasteiger charge is -2.34. The van der Waals surface area contributed by atoms with Crippen molar-refractivity contribution < 1.29 is 25.8 Å². The highest BCUT2D eigenvalue weighted by molar-refractivity contribution is 7.89. The van der Waals surface area contributed by atoms with Crippen molar-refractivity contribution in [1.29, 1.82) is 0 Å². The van der Waals surface area contributed by atoms with Crippen LogP contribution in [0, 0.1) is 6.92 Å². The van der Waals surface area contributed by atoms with Gasteiger partial charge in [-0.2, -0.15) is 12.7 Å². The Morgan fingerprint density at radius 2 is 1.91 bits per heavy atom. The summed E-state index contributed by atoms with van der Waals surface area (Å²) in [5.41, 5.74) is 0.940. The Bertz CT molecular complexity index is 714. The van der Waals surface area contributed by atoms with Crippen LogP contribution in [0.2, 0.25) is 0 Å². The van der Waals surface area contributed by atoms with Crippen LogP contribution in [0.3, 0.4) is 0 Å². The minimum absolute atomic E-state index is 0.0423. The predicted molar refractivity (Wildman–Crippen MR) is 78.7 cm³/mol. The van der Waals surface area contributed by atoms with Crippen LogP contribution in [-0.4, -0.2) is 53.5 Å². The summed E-state index contributed by atoms with van der Waals surface area (Å²) in [6, 6.07) is 5.67. The van der Waals surface area contributed by atoms with Gasteiger partial charge in [0.1, 0.15) is 0 Å². The van der Waals surface area contributed by atoms with Crippen LogP contribution in [-0.2, 0) is 29.2 Å². The van der Waals surface area contributed by atoms with Gasteiger partial charge in [0.25, 0.3) is 0 Å². The first-order chi connectivity index (χ1) is 10.2. The summed E-state index contributed by atoms with van der Waals surface area (Å²) in [7, 11) is -7.90. The molecule has 1 aromatic carbocycles. The van der Waals surface area contributed by atoms with Gasteiger partial charge in [-0.3, -0.25) is 4.18 Å². The van der Waals surface area contributed by atoms with Gasteiger partial charge in [0.2, 0.25) is 10.0 Å². The monoisotopic (exact) mass is 350 g/mol. The molecule has 1 aliphatic rings. The zero-order chi connectivity index (χ0) is 16.4. The smallest absolute Gasteiger partial charge is 0.333 e. The van der Waals surface area contributed by atoms with E-state index in [0.29, 0.717) is 0 Å². The first-order valence-corrected chi connectivity index (χ1v) is 9.45. The van der Waals surface area contributed by atoms with E-state index in [-0.39, 0.29) is 31.3 Å². The fourth-order valence-electron chi connectivity index (χ4n) is 2.11. The number of hydrogen-bond donors (Lipinski definition) is 1. The number of aryl methyl sites for hydroxylation is 1. The lowest BCUT2D eigenvalue weighted by molar-refractivity contribution is 0.0161. The molecule has 1 unspecified atom stereocenters. The van der Waals surface area contributed by atoms with E-state index in [0.717, 1.165) is 5.56 Å². The Labute approximate surface area is 130 Å². The largest absolute Gasteiger partial charge is 0.378 e. The van der Waals surface area contributed by atoms with Gasteiger partial charge in [0.05, 0.1) is 30.8 Å². The Morgan fingerprint density at radius 3 is 2.50 bits per heavy atom. The second-order valence-corrected chi connectivity index (χ2v) is 8.05. The molecule has 1 aliphatic heterocycles. The molecular weight excluding hydrogens is 332 g/mol. The van der Waals surface area contributed by atoms with E-state index < -0.39 is 26.4 Å². The van der Waals surface area contributed by atoms with Crippen molar-refractivity contribution in [2.24, 2.45) is 5.14 Å². The average molecular weight is 350 g/mol. The molecule has 22 heavy (non-hydrogen) atoms. The summed E-state index contributed by atoms with van der Waals surface area (Å²) in [5.74, 6) is 0. The van der Waals surface area contributed by atoms with Crippen LogP contribution in [0.4, 0.5) is 0 Å². The van der Waals surface area contributed by atoms with Crippen LogP contribution in [0.5, 0.6) is 0 Å². The third kappa shape index (κ3) is 4.24. The molecule has 0 aliphatic carbocycles. The van der Waals surface area contributed by atoms with Crippen molar-refractivity contribution in [1.82, 2.24) is 4.31 Å². The van der Waals surface area contributed by atoms with Crippen molar-refractivity contribution in [2.75, 3.05) is 26.4 Å². The molecule has 0 aromatic heterocycles. The molecule has 1 fully saturated rings. The molecule has 0 bridgehead atoms. The van der Waals surface area contributed by atoms with Crippen molar-refractivity contribution in [3.8, 4) is 0 Å². The van der Waals surface area contributed by atoms with Gasteiger partial charge in [-0.1, -0.05) is 17.7 Å². The predicted octanol–water partition coefficient (Wildman–Crippen LogP) is -0.395. The molecule has 2 rings (SSSR count). The molecular formula is C12H18N2O6S2. The molecule has 0 radical (unpaired) electrons. The summed E-state index contributed by atoms with van der Waals surface area (Å²) in [4.78, 5) is 0.139. The summed E-state index contributed by atoms with van der Waals surface area (Å²) in [6.45, 7) is 1.87. The maximum absolute atomic E-state index is 12.7. The van der Waals surface area contributed by atoms with Crippen LogP contribution in [0.25, 0.3) is 0 Å². The van der Waals surface area contributed by atoms with Crippen LogP contribution >= 0.6 is 0 Å². The fraction of sp³-hybridized carbons (Fsp3) is 0.500. The number of rotatable bonds is 5. The Morgan fingerprint density at radius 1 is 1.27 bits per heavy atom. The third-order valence-corrected chi connectivity index (χ3v) is 5.66. The quantitative estimate of drug-likeness (QED) is 0.773. The second-order valence-electron chi connectivity index (χ2n) is 4.93. The molecule has 2 N–H and O–H groups in total. The first kappa shape index (κ1) is 17.3. The SMILES string of the molecule is Cc1ccc(S(=O)(=O)N2CCOCC2COS(N)(=O)=O)cc1. The maximum atomic E-state index is 12.7. The van der Waals surface area contributed by atoms with Gasteiger partial charge in [0, 0.05) is 6.54 Å². The highest BCUT2D eigenvalue weighted by atomic mass is 32.2. The molecule has 1 saturated heterocycles. The zero-order valence-corrected chi connectivity index (χ0v) is 13.6. The average Bonchev–Trinajstić information content (AvgIpc) is 2.45. The van der Waals surface area contributed by atoms with Crippen molar-refractivity contribution in [3.05, 3.63) is 29.8 Å². The fourth-order valence-corrected chi connectivity index (χ4v) is 4.03. The van der Waals surface area contributed by atoms with Crippen LogP contribution < -0.4 is 5.14 Å². The van der Waals surface area contributed by atoms with Gasteiger partial charge in [-0.15, -0.1) is 0 Å². The molecule has 8 nitrogen and oxygen atoms in total. The lowest BCUT2D eigenvalue weighted by Crippen LogP contribution is -2.51. The molecule has 0 spiro atoms. The second kappa shape index (κ2) is 6.60. The van der Waals surface area contributed by atoms with E-state index >= 15 is 0 Å². The Hall–Kier alpha value is -1.04. The normalized spacial score (nSPS) is 20.9. The number of sulfonamides is 1. The number of hydrogen-bond acceptors (Lipinski definition) is 6. The number of ether oxygens (including phenoxy) is 1. The topological polar surface area (TPSA) is 116 Å². The minimum Gasteiger partial charge on any atom is -0.378 e. The van der Waals surface area contributed by atoms with Gasteiger partial charge in [0.15, 0.2) is 0 Å². The van der Waals surface area contributed by atoms with E-state index in [4.69, 9.17) is 9.88 Å². The van der Waals surface area contributed by atoms with E-state index in [1.54, 1.807) is 12.1 Å². The minimum atomic E-state index is -4.14. The molecule has 1 atom stereocenters. The number of morpholine rings is 1. The van der Waals surface area contributed by atoms with Crippen LogP contribution in [0.15, 0.2) is 29.2 Å². The number of nitrogens with two attached hydrogens (primary N) is 1. The van der Waals surface area contributed by atoms with Gasteiger partial charge >= 0.3 is 10.3 Å². The van der Waals surface area contributed by atoms with E-state index in [1.807, 2.05) is 6.92 Å². The van der Waals surface area contributed by atoms with Crippen LogP contribution in [0.1, 0.15) is 5.56 Å². The molecule has 0 amide bonds. The molecule has 1 heterocycles. The summed E-state index contributed by atoms with van der Waals surface area (Å²) < 4.78 is 58.0. The summed E-state index contributed by atoms with van der Waals surface area (Å²) in [5, 5.41) is 4.78. The van der Waals surface area contributed by atoms with Gasteiger partial charge in [-0.05, 0) is 19.1 Å². The molecule has 0 saturated carbocycles. The first-order valence-electron chi connectivity index (χ1n) is 6.53. The number of benzene rings is 1. The molecule has 124 valence electrons. The standard InChI is InChI=1S/C12H18N2O6S2/c1-10-2-4-12(5-3-10)21(15,16)14-6-7-19-8-11(14)9-20-22(13,17)18/h2-5,11H,6-9H2,1H3,(H2,13,17,18). The lowest BCUT2D eigenvalue weighted by atomic mass is 10.2. The van der Waals surface area contributed by atoms with Gasteiger partial charge < -0.3 is 4.74 Å². The Kier molecular flexibility index (Phi) is 5.20. The highest BCUT2D eigenvalue weighted by Gasteiger charge is 2.34. The summed E-state index contributed by atoms with van der Waals surface area (Å²) in [6.07, 6.45) is 0. The molecule has 10 heteroatoms. The van der Waals surface area contributed by atoms with Crippen molar-refractivity contribution in [3.63, 3.8) is 0 Å². The molecule has 1 aromatic rings. The van der Waals surface area contributed by atoms with E-state index in [9.17, 15) is 16.8 Å². The third-order valence-electron chi connectivity index (χ3n) is 3.23. The van der Waals surface area contributed by atoms with Crippen molar-refractivity contribution in [2.45, 2.75) is 17.9 Å². The van der Waals surface area contributed by atoms with E-state index in [2.05, 4.69) is 4.18 Å². The Balaban J connectivity index is 2.24. The maximum Gasteiger partial charge on any atom is 0.333 e. The van der Waals surface area contributed by atoms with Crippen molar-refractivity contribution >= 4 is 20.3 Å². The zero-order valence-electron chi connectivity index (χ0n) is 12.0. The summed E-state index contributed by atoms with van der Waals surface area (Å²) >= 11 is 0. The number of nitrogens with zero attached hydrogens (tertiary/aromatic N) is 1. The highest BCUT2D eigenvalue weighted by Crippen LogP contribution is 2.21.